The highest BCUT2D eigenvalue weighted by Crippen LogP contribution is 2.18. The van der Waals surface area contributed by atoms with Gasteiger partial charge in [-0.25, -0.2) is 9.59 Å². The number of benzene rings is 1. The minimum atomic E-state index is -5.08. The SMILES string of the molecule is Cc1ccc(OCc2nnc(NC(=O)NCc3cccnc3)s2)cc1.O=C(O)C(F)(F)F. The third-order valence-corrected chi connectivity index (χ3v) is 4.30. The van der Waals surface area contributed by atoms with Gasteiger partial charge in [-0.15, -0.1) is 10.2 Å². The molecule has 13 heteroatoms. The Morgan fingerprint density at radius 1 is 1.16 bits per heavy atom. The summed E-state index contributed by atoms with van der Waals surface area (Å²) in [5, 5.41) is 21.6. The Morgan fingerprint density at radius 3 is 2.44 bits per heavy atom. The third kappa shape index (κ3) is 8.95. The molecule has 0 aliphatic rings. The van der Waals surface area contributed by atoms with Gasteiger partial charge in [-0.3, -0.25) is 10.3 Å². The van der Waals surface area contributed by atoms with E-state index >= 15 is 0 Å². The Balaban J connectivity index is 0.000000451. The van der Waals surface area contributed by atoms with Crippen LogP contribution >= 0.6 is 11.3 Å². The van der Waals surface area contributed by atoms with Crippen molar-refractivity contribution < 1.29 is 32.6 Å². The van der Waals surface area contributed by atoms with E-state index in [-0.39, 0.29) is 6.03 Å². The largest absolute Gasteiger partial charge is 0.490 e. The topological polar surface area (TPSA) is 126 Å². The normalized spacial score (nSPS) is 10.5. The third-order valence-electron chi connectivity index (χ3n) is 3.49. The average molecular weight is 469 g/mol. The van der Waals surface area contributed by atoms with Crippen molar-refractivity contribution in [1.82, 2.24) is 20.5 Å². The number of ether oxygens (including phenoxy) is 1. The van der Waals surface area contributed by atoms with E-state index < -0.39 is 12.1 Å². The summed E-state index contributed by atoms with van der Waals surface area (Å²) in [6.45, 7) is 2.72. The van der Waals surface area contributed by atoms with Crippen molar-refractivity contribution in [2.24, 2.45) is 0 Å². The van der Waals surface area contributed by atoms with Gasteiger partial charge < -0.3 is 15.2 Å². The Kier molecular flexibility index (Phi) is 8.89. The summed E-state index contributed by atoms with van der Waals surface area (Å²) < 4.78 is 37.4. The van der Waals surface area contributed by atoms with E-state index in [0.29, 0.717) is 23.3 Å². The number of carboxylic acid groups (broad SMARTS) is 1. The van der Waals surface area contributed by atoms with Gasteiger partial charge in [-0.2, -0.15) is 13.2 Å². The van der Waals surface area contributed by atoms with E-state index in [1.807, 2.05) is 43.3 Å². The van der Waals surface area contributed by atoms with Crippen molar-refractivity contribution in [2.75, 3.05) is 5.32 Å². The van der Waals surface area contributed by atoms with Gasteiger partial charge in [-0.05, 0) is 30.7 Å². The van der Waals surface area contributed by atoms with Gasteiger partial charge in [0, 0.05) is 18.9 Å². The molecular formula is C19H18F3N5O4S. The predicted molar refractivity (Wildman–Crippen MR) is 109 cm³/mol. The van der Waals surface area contributed by atoms with Gasteiger partial charge in [0.15, 0.2) is 5.01 Å². The van der Waals surface area contributed by atoms with Crippen LogP contribution in [0, 0.1) is 6.92 Å². The second kappa shape index (κ2) is 11.6. The van der Waals surface area contributed by atoms with E-state index in [1.54, 1.807) is 12.4 Å². The Morgan fingerprint density at radius 2 is 1.84 bits per heavy atom. The van der Waals surface area contributed by atoms with Crippen LogP contribution in [0.4, 0.5) is 23.1 Å². The van der Waals surface area contributed by atoms with E-state index in [2.05, 4.69) is 25.8 Å². The number of urea groups is 1. The number of hydrogen-bond donors (Lipinski definition) is 3. The highest BCUT2D eigenvalue weighted by molar-refractivity contribution is 7.15. The number of anilines is 1. The smallest absolute Gasteiger partial charge is 0.486 e. The number of hydrogen-bond acceptors (Lipinski definition) is 7. The summed E-state index contributed by atoms with van der Waals surface area (Å²) in [5.74, 6) is -1.99. The lowest BCUT2D eigenvalue weighted by molar-refractivity contribution is -0.192. The van der Waals surface area contributed by atoms with Gasteiger partial charge in [0.1, 0.15) is 12.4 Å². The van der Waals surface area contributed by atoms with Crippen molar-refractivity contribution in [3.05, 3.63) is 64.9 Å². The fourth-order valence-electron chi connectivity index (χ4n) is 1.97. The number of alkyl halides is 3. The first-order valence-electron chi connectivity index (χ1n) is 8.89. The molecule has 2 heterocycles. The molecule has 170 valence electrons. The van der Waals surface area contributed by atoms with Crippen molar-refractivity contribution in [1.29, 1.82) is 0 Å². The molecule has 0 radical (unpaired) electrons. The van der Waals surface area contributed by atoms with Gasteiger partial charge in [0.2, 0.25) is 5.13 Å². The molecule has 0 spiro atoms. The second-order valence-corrected chi connectivity index (χ2v) is 7.14. The maximum absolute atomic E-state index is 11.9. The van der Waals surface area contributed by atoms with Gasteiger partial charge in [-0.1, -0.05) is 35.1 Å². The number of amides is 2. The molecule has 3 aromatic rings. The number of halogens is 3. The molecule has 0 aliphatic heterocycles. The summed E-state index contributed by atoms with van der Waals surface area (Å²) in [6, 6.07) is 11.1. The number of aryl methyl sites for hydroxylation is 1. The molecule has 0 aliphatic carbocycles. The quantitative estimate of drug-likeness (QED) is 0.502. The van der Waals surface area contributed by atoms with Crippen LogP contribution in [0.15, 0.2) is 48.8 Å². The number of rotatable bonds is 6. The second-order valence-electron chi connectivity index (χ2n) is 6.07. The Hall–Kier alpha value is -3.74. The molecular weight excluding hydrogens is 451 g/mol. The van der Waals surface area contributed by atoms with Crippen molar-refractivity contribution in [2.45, 2.75) is 26.3 Å². The van der Waals surface area contributed by atoms with E-state index in [0.717, 1.165) is 11.3 Å². The van der Waals surface area contributed by atoms with Crippen molar-refractivity contribution in [3.63, 3.8) is 0 Å². The maximum atomic E-state index is 11.9. The first kappa shape index (κ1) is 24.5. The zero-order chi connectivity index (χ0) is 23.6. The van der Waals surface area contributed by atoms with Crippen LogP contribution < -0.4 is 15.4 Å². The van der Waals surface area contributed by atoms with Crippen molar-refractivity contribution >= 4 is 28.5 Å². The summed E-state index contributed by atoms with van der Waals surface area (Å²) >= 11 is 1.27. The molecule has 3 N–H and O–H groups in total. The number of aliphatic carboxylic acids is 1. The van der Waals surface area contributed by atoms with Gasteiger partial charge >= 0.3 is 18.2 Å². The molecule has 0 atom stereocenters. The number of aromatic nitrogens is 3. The number of carbonyl (C=O) groups excluding carboxylic acids is 1. The van der Waals surface area contributed by atoms with E-state index in [4.69, 9.17) is 14.6 Å². The lowest BCUT2D eigenvalue weighted by atomic mass is 10.2. The first-order chi connectivity index (χ1) is 15.1. The molecule has 1 aromatic carbocycles. The van der Waals surface area contributed by atoms with Gasteiger partial charge in [0.05, 0.1) is 0 Å². The van der Waals surface area contributed by atoms with Crippen LogP contribution in [0.1, 0.15) is 16.1 Å². The standard InChI is InChI=1S/C17H17N5O2S.C2HF3O2/c1-12-4-6-14(7-5-12)24-11-15-21-22-17(25-15)20-16(23)19-10-13-3-2-8-18-9-13;3-2(4,5)1(6)7/h2-9H,10-11H2,1H3,(H2,19,20,22,23);(H,6,7). The highest BCUT2D eigenvalue weighted by atomic mass is 32.1. The van der Waals surface area contributed by atoms with Crippen LogP contribution in [-0.2, 0) is 17.9 Å². The maximum Gasteiger partial charge on any atom is 0.490 e. The number of nitrogens with zero attached hydrogens (tertiary/aromatic N) is 3. The van der Waals surface area contributed by atoms with Crippen LogP contribution in [0.3, 0.4) is 0 Å². The number of carbonyl (C=O) groups is 2. The molecule has 2 aromatic heterocycles. The molecule has 3 rings (SSSR count). The average Bonchev–Trinajstić information content (AvgIpc) is 3.19. The zero-order valence-corrected chi connectivity index (χ0v) is 17.4. The molecule has 2 amide bonds. The van der Waals surface area contributed by atoms with Crippen LogP contribution in [0.25, 0.3) is 0 Å². The van der Waals surface area contributed by atoms with Crippen LogP contribution in [-0.4, -0.2) is 38.5 Å². The molecule has 0 fully saturated rings. The minimum Gasteiger partial charge on any atom is -0.486 e. The molecule has 0 unspecified atom stereocenters. The van der Waals surface area contributed by atoms with E-state index in [1.165, 1.54) is 16.9 Å². The number of carboxylic acids is 1. The lowest BCUT2D eigenvalue weighted by Gasteiger charge is -2.04. The zero-order valence-electron chi connectivity index (χ0n) is 16.6. The number of pyridine rings is 1. The fraction of sp³-hybridized carbons (Fsp3) is 0.211. The lowest BCUT2D eigenvalue weighted by Crippen LogP contribution is -2.28. The van der Waals surface area contributed by atoms with Crippen LogP contribution in [0.5, 0.6) is 5.75 Å². The monoisotopic (exact) mass is 469 g/mol. The molecule has 0 bridgehead atoms. The summed E-state index contributed by atoms with van der Waals surface area (Å²) in [5.41, 5.74) is 2.09. The first-order valence-corrected chi connectivity index (χ1v) is 9.71. The summed E-state index contributed by atoms with van der Waals surface area (Å²) in [7, 11) is 0. The van der Waals surface area contributed by atoms with Crippen molar-refractivity contribution in [3.8, 4) is 5.75 Å². The molecule has 9 nitrogen and oxygen atoms in total. The summed E-state index contributed by atoms with van der Waals surface area (Å²) in [6.07, 6.45) is -1.70. The predicted octanol–water partition coefficient (Wildman–Crippen LogP) is 3.78. The van der Waals surface area contributed by atoms with E-state index in [9.17, 15) is 18.0 Å². The Labute approximate surface area is 184 Å². The van der Waals surface area contributed by atoms with Gasteiger partial charge in [0.25, 0.3) is 0 Å². The highest BCUT2D eigenvalue weighted by Gasteiger charge is 2.38. The fourth-order valence-corrected chi connectivity index (χ4v) is 2.62. The Bertz CT molecular complexity index is 1010. The minimum absolute atomic E-state index is 0.305. The summed E-state index contributed by atoms with van der Waals surface area (Å²) in [4.78, 5) is 24.8. The number of nitrogens with one attached hydrogen (secondary N) is 2. The molecule has 0 saturated carbocycles. The van der Waals surface area contributed by atoms with Crippen LogP contribution in [0.2, 0.25) is 0 Å². The molecule has 0 saturated heterocycles. The molecule has 32 heavy (non-hydrogen) atoms.